The molecule has 0 radical (unpaired) electrons. The molecule has 0 bridgehead atoms. The number of halogens is 3. The van der Waals surface area contributed by atoms with Crippen molar-refractivity contribution in [2.24, 2.45) is 5.92 Å². The van der Waals surface area contributed by atoms with E-state index in [4.69, 9.17) is 0 Å². The van der Waals surface area contributed by atoms with Crippen molar-refractivity contribution in [1.82, 2.24) is 10.0 Å². The molecule has 0 spiro atoms. The Hall–Kier alpha value is -1.81. The van der Waals surface area contributed by atoms with Crippen molar-refractivity contribution < 1.29 is 31.1 Å². The summed E-state index contributed by atoms with van der Waals surface area (Å²) < 4.78 is 66.1. The minimum atomic E-state index is -5.03. The van der Waals surface area contributed by atoms with Gasteiger partial charge in [-0.15, -0.1) is 13.2 Å². The van der Waals surface area contributed by atoms with Crippen molar-refractivity contribution in [1.29, 1.82) is 0 Å². The largest absolute Gasteiger partial charge is 0.573 e. The number of sulfonamides is 1. The molecule has 1 aromatic carbocycles. The molecule has 1 heterocycles. The van der Waals surface area contributed by atoms with Crippen LogP contribution in [0.3, 0.4) is 0 Å². The van der Waals surface area contributed by atoms with Crippen LogP contribution in [0.25, 0.3) is 0 Å². The number of rotatable bonds is 4. The average molecular weight is 324 g/mol. The lowest BCUT2D eigenvalue weighted by atomic mass is 10.0. The molecule has 1 aliphatic rings. The molecule has 2 rings (SSSR count). The fourth-order valence-corrected chi connectivity index (χ4v) is 2.80. The van der Waals surface area contributed by atoms with Crippen molar-refractivity contribution in [3.63, 3.8) is 0 Å². The summed E-state index contributed by atoms with van der Waals surface area (Å²) in [6.45, 7) is 0.643. The minimum Gasteiger partial charge on any atom is -0.404 e. The summed E-state index contributed by atoms with van der Waals surface area (Å²) in [4.78, 5) is 10.9. The van der Waals surface area contributed by atoms with Gasteiger partial charge in [0.05, 0.1) is 5.92 Å². The Labute approximate surface area is 118 Å². The molecule has 1 fully saturated rings. The molecule has 1 aromatic rings. The monoisotopic (exact) mass is 324 g/mol. The lowest BCUT2D eigenvalue weighted by molar-refractivity contribution is -0.275. The Bertz CT molecular complexity index is 641. The van der Waals surface area contributed by atoms with Crippen LogP contribution in [0, 0.1) is 5.92 Å². The van der Waals surface area contributed by atoms with E-state index in [9.17, 15) is 26.4 Å². The summed E-state index contributed by atoms with van der Waals surface area (Å²) in [6.07, 6.45) is -5.03. The summed E-state index contributed by atoms with van der Waals surface area (Å²) in [5.74, 6) is -2.18. The van der Waals surface area contributed by atoms with E-state index in [1.807, 2.05) is 0 Å². The molecule has 0 unspecified atom stereocenters. The Morgan fingerprint density at radius 2 is 1.90 bits per heavy atom. The fourth-order valence-electron chi connectivity index (χ4n) is 1.63. The third-order valence-electron chi connectivity index (χ3n) is 2.75. The van der Waals surface area contributed by atoms with Crippen molar-refractivity contribution in [2.45, 2.75) is 11.3 Å². The average Bonchev–Trinajstić information content (AvgIpc) is 2.23. The van der Waals surface area contributed by atoms with Crippen LogP contribution in [0.15, 0.2) is 29.2 Å². The Morgan fingerprint density at radius 1 is 1.29 bits per heavy atom. The van der Waals surface area contributed by atoms with E-state index < -0.39 is 38.9 Å². The van der Waals surface area contributed by atoms with Crippen LogP contribution >= 0.6 is 0 Å². The van der Waals surface area contributed by atoms with Crippen molar-refractivity contribution in [3.8, 4) is 5.75 Å². The van der Waals surface area contributed by atoms with Gasteiger partial charge in [0.25, 0.3) is 10.0 Å². The second-order valence-corrected chi connectivity index (χ2v) is 5.97. The van der Waals surface area contributed by atoms with Gasteiger partial charge >= 0.3 is 6.36 Å². The first-order chi connectivity index (χ1) is 9.69. The Balaban J connectivity index is 2.25. The van der Waals surface area contributed by atoms with Crippen LogP contribution in [-0.4, -0.2) is 33.8 Å². The lowest BCUT2D eigenvalue weighted by Crippen LogP contribution is -2.51. The second kappa shape index (κ2) is 5.53. The number of hydrogen-bond acceptors (Lipinski definition) is 5. The number of hydrogen-bond donors (Lipinski definition) is 2. The van der Waals surface area contributed by atoms with Gasteiger partial charge in [-0.05, 0) is 12.1 Å². The summed E-state index contributed by atoms with van der Waals surface area (Å²) in [7, 11) is -4.44. The SMILES string of the molecule is O=C(NS(=O)(=O)c1ccccc1OC(F)(F)F)C1CNC1. The molecule has 6 nitrogen and oxygen atoms in total. The zero-order chi connectivity index (χ0) is 15.7. The van der Waals surface area contributed by atoms with Gasteiger partial charge in [-0.25, -0.2) is 13.1 Å². The first-order valence-electron chi connectivity index (χ1n) is 5.81. The number of amides is 1. The predicted octanol–water partition coefficient (Wildman–Crippen LogP) is 0.609. The fraction of sp³-hybridized carbons (Fsp3) is 0.364. The summed E-state index contributed by atoms with van der Waals surface area (Å²) >= 11 is 0. The molecule has 0 aliphatic carbocycles. The zero-order valence-electron chi connectivity index (χ0n) is 10.5. The van der Waals surface area contributed by atoms with E-state index in [1.54, 1.807) is 4.72 Å². The normalized spacial score (nSPS) is 16.1. The number of para-hydroxylation sites is 1. The van der Waals surface area contributed by atoms with E-state index in [2.05, 4.69) is 10.1 Å². The number of nitrogens with one attached hydrogen (secondary N) is 2. The smallest absolute Gasteiger partial charge is 0.404 e. The van der Waals surface area contributed by atoms with Crippen molar-refractivity contribution >= 4 is 15.9 Å². The minimum absolute atomic E-state index is 0.321. The molecular weight excluding hydrogens is 313 g/mol. The van der Waals surface area contributed by atoms with E-state index in [0.717, 1.165) is 12.1 Å². The van der Waals surface area contributed by atoms with Crippen LogP contribution in [0.2, 0.25) is 0 Å². The maximum atomic E-state index is 12.3. The molecule has 1 amide bonds. The van der Waals surface area contributed by atoms with E-state index >= 15 is 0 Å². The lowest BCUT2D eigenvalue weighted by Gasteiger charge is -2.25. The molecule has 2 N–H and O–H groups in total. The number of ether oxygens (including phenoxy) is 1. The van der Waals surface area contributed by atoms with Gasteiger partial charge in [-0.3, -0.25) is 4.79 Å². The van der Waals surface area contributed by atoms with Gasteiger partial charge in [-0.1, -0.05) is 12.1 Å². The summed E-state index contributed by atoms with van der Waals surface area (Å²) in [5.41, 5.74) is 0. The molecule has 0 saturated carbocycles. The third kappa shape index (κ3) is 3.85. The molecule has 0 atom stereocenters. The Kier molecular flexibility index (Phi) is 4.10. The number of carbonyl (C=O) groups is 1. The molecule has 10 heteroatoms. The first kappa shape index (κ1) is 15.6. The Morgan fingerprint density at radius 3 is 2.43 bits per heavy atom. The van der Waals surface area contributed by atoms with Gasteiger partial charge in [0.2, 0.25) is 5.91 Å². The summed E-state index contributed by atoms with van der Waals surface area (Å²) in [5, 5.41) is 2.78. The molecule has 0 aromatic heterocycles. The first-order valence-corrected chi connectivity index (χ1v) is 7.29. The van der Waals surface area contributed by atoms with Crippen LogP contribution in [0.1, 0.15) is 0 Å². The van der Waals surface area contributed by atoms with Gasteiger partial charge in [0.1, 0.15) is 10.6 Å². The third-order valence-corrected chi connectivity index (χ3v) is 4.14. The predicted molar refractivity (Wildman–Crippen MR) is 64.8 cm³/mol. The topological polar surface area (TPSA) is 84.5 Å². The van der Waals surface area contributed by atoms with Crippen molar-refractivity contribution in [3.05, 3.63) is 24.3 Å². The molecule has 1 aliphatic heterocycles. The molecule has 116 valence electrons. The highest BCUT2D eigenvalue weighted by Crippen LogP contribution is 2.29. The highest BCUT2D eigenvalue weighted by atomic mass is 32.2. The van der Waals surface area contributed by atoms with Crippen LogP contribution in [0.4, 0.5) is 13.2 Å². The number of benzene rings is 1. The highest BCUT2D eigenvalue weighted by Gasteiger charge is 2.35. The van der Waals surface area contributed by atoms with Crippen molar-refractivity contribution in [2.75, 3.05) is 13.1 Å². The second-order valence-electron chi connectivity index (χ2n) is 4.32. The molecule has 21 heavy (non-hydrogen) atoms. The van der Waals surface area contributed by atoms with Gasteiger partial charge in [0.15, 0.2) is 0 Å². The standard InChI is InChI=1S/C11H11F3N2O4S/c12-11(13,14)20-8-3-1-2-4-9(8)21(18,19)16-10(17)7-5-15-6-7/h1-4,7,15H,5-6H2,(H,16,17). The van der Waals surface area contributed by atoms with E-state index in [1.165, 1.54) is 12.1 Å². The molecular formula is C11H11F3N2O4S. The quantitative estimate of drug-likeness (QED) is 0.848. The summed E-state index contributed by atoms with van der Waals surface area (Å²) in [6, 6.07) is 4.21. The van der Waals surface area contributed by atoms with Gasteiger partial charge in [-0.2, -0.15) is 0 Å². The van der Waals surface area contributed by atoms with E-state index in [-0.39, 0.29) is 0 Å². The molecule has 1 saturated heterocycles. The van der Waals surface area contributed by atoms with Gasteiger partial charge in [0, 0.05) is 13.1 Å². The van der Waals surface area contributed by atoms with Gasteiger partial charge < -0.3 is 10.1 Å². The maximum Gasteiger partial charge on any atom is 0.573 e. The van der Waals surface area contributed by atoms with E-state index in [0.29, 0.717) is 13.1 Å². The maximum absolute atomic E-state index is 12.3. The highest BCUT2D eigenvalue weighted by molar-refractivity contribution is 7.90. The number of alkyl halides is 3. The zero-order valence-corrected chi connectivity index (χ0v) is 11.3. The van der Waals surface area contributed by atoms with Crippen LogP contribution in [-0.2, 0) is 14.8 Å². The van der Waals surface area contributed by atoms with Crippen LogP contribution in [0.5, 0.6) is 5.75 Å². The number of carbonyl (C=O) groups excluding carboxylic acids is 1. The van der Waals surface area contributed by atoms with Crippen LogP contribution < -0.4 is 14.8 Å².